The molecular formula is C21H20FN3O3. The van der Waals surface area contributed by atoms with E-state index in [1.807, 2.05) is 12.1 Å². The number of halogens is 1. The molecule has 7 heteroatoms. The van der Waals surface area contributed by atoms with Crippen molar-refractivity contribution in [1.82, 2.24) is 9.88 Å². The predicted molar refractivity (Wildman–Crippen MR) is 101 cm³/mol. The standard InChI is InChI=1S/C21H20FN3O3/c22-12-1-4-17-16(9-12)19(21(27)24-17)20-15-3-2-13(23-18(15)11-28-20)10-25-7-5-14(26)6-8-25/h1-4,9,14,26H,5-8,10-11H2,(H,24,27)/b20-19+. The fraction of sp³-hybridized carbons (Fsp3) is 0.333. The van der Waals surface area contributed by atoms with Crippen LogP contribution in [0.2, 0.25) is 0 Å². The number of anilines is 1. The van der Waals surface area contributed by atoms with Gasteiger partial charge in [-0.3, -0.25) is 14.7 Å². The number of aliphatic hydroxyl groups excluding tert-OH is 1. The number of nitrogens with one attached hydrogen (secondary N) is 1. The number of aromatic nitrogens is 1. The summed E-state index contributed by atoms with van der Waals surface area (Å²) in [6.45, 7) is 2.72. The largest absolute Gasteiger partial charge is 0.486 e. The van der Waals surface area contributed by atoms with Crippen molar-refractivity contribution in [3.05, 3.63) is 58.7 Å². The minimum Gasteiger partial charge on any atom is -0.486 e. The van der Waals surface area contributed by atoms with Gasteiger partial charge in [-0.2, -0.15) is 0 Å². The molecule has 0 aliphatic carbocycles. The second kappa shape index (κ2) is 6.68. The number of pyridine rings is 1. The Bertz CT molecular complexity index is 996. The minimum absolute atomic E-state index is 0.197. The third-order valence-corrected chi connectivity index (χ3v) is 5.53. The van der Waals surface area contributed by atoms with E-state index in [0.29, 0.717) is 29.2 Å². The van der Waals surface area contributed by atoms with E-state index < -0.39 is 5.82 Å². The van der Waals surface area contributed by atoms with Gasteiger partial charge in [0.2, 0.25) is 0 Å². The number of piperidine rings is 1. The number of carbonyl (C=O) groups excluding carboxylic acids is 1. The lowest BCUT2D eigenvalue weighted by molar-refractivity contribution is -0.110. The van der Waals surface area contributed by atoms with Gasteiger partial charge in [0, 0.05) is 36.4 Å². The quantitative estimate of drug-likeness (QED) is 0.782. The number of amides is 1. The van der Waals surface area contributed by atoms with Crippen molar-refractivity contribution >= 4 is 22.9 Å². The highest BCUT2D eigenvalue weighted by molar-refractivity contribution is 6.36. The highest BCUT2D eigenvalue weighted by Crippen LogP contribution is 2.41. The molecule has 3 aliphatic rings. The Morgan fingerprint density at radius 3 is 2.86 bits per heavy atom. The average molecular weight is 381 g/mol. The number of carbonyl (C=O) groups is 1. The average Bonchev–Trinajstić information content (AvgIpc) is 3.22. The minimum atomic E-state index is -0.397. The summed E-state index contributed by atoms with van der Waals surface area (Å²) in [5, 5.41) is 12.4. The van der Waals surface area contributed by atoms with Crippen LogP contribution in [0.25, 0.3) is 11.3 Å². The molecule has 28 heavy (non-hydrogen) atoms. The van der Waals surface area contributed by atoms with Gasteiger partial charge in [0.05, 0.1) is 23.1 Å². The Kier molecular flexibility index (Phi) is 4.14. The van der Waals surface area contributed by atoms with Crippen molar-refractivity contribution < 1.29 is 19.0 Å². The molecule has 0 bridgehead atoms. The van der Waals surface area contributed by atoms with Crippen LogP contribution in [-0.4, -0.2) is 40.1 Å². The highest BCUT2D eigenvalue weighted by atomic mass is 19.1. The zero-order chi connectivity index (χ0) is 19.3. The fourth-order valence-electron chi connectivity index (χ4n) is 4.05. The van der Waals surface area contributed by atoms with Gasteiger partial charge in [-0.1, -0.05) is 0 Å². The lowest BCUT2D eigenvalue weighted by Crippen LogP contribution is -2.35. The molecule has 1 aromatic carbocycles. The normalized spacial score (nSPS) is 22.0. The number of nitrogens with zero attached hydrogens (tertiary/aromatic N) is 2. The number of hydrogen-bond acceptors (Lipinski definition) is 5. The van der Waals surface area contributed by atoms with E-state index in [-0.39, 0.29) is 12.0 Å². The zero-order valence-electron chi connectivity index (χ0n) is 15.2. The van der Waals surface area contributed by atoms with Crippen LogP contribution in [0.5, 0.6) is 0 Å². The van der Waals surface area contributed by atoms with Crippen molar-refractivity contribution in [2.45, 2.75) is 32.1 Å². The Labute approximate surface area is 161 Å². The first-order valence-electron chi connectivity index (χ1n) is 9.46. The number of aliphatic hydroxyl groups is 1. The van der Waals surface area contributed by atoms with Crippen LogP contribution in [0, 0.1) is 5.82 Å². The molecule has 144 valence electrons. The molecule has 1 amide bonds. The van der Waals surface area contributed by atoms with Gasteiger partial charge in [0.1, 0.15) is 18.2 Å². The molecule has 6 nitrogen and oxygen atoms in total. The van der Waals surface area contributed by atoms with Gasteiger partial charge in [-0.15, -0.1) is 0 Å². The third kappa shape index (κ3) is 2.96. The van der Waals surface area contributed by atoms with E-state index in [4.69, 9.17) is 9.72 Å². The highest BCUT2D eigenvalue weighted by Gasteiger charge is 2.33. The molecule has 1 fully saturated rings. The molecular weight excluding hydrogens is 361 g/mol. The maximum atomic E-state index is 13.7. The van der Waals surface area contributed by atoms with Crippen LogP contribution in [0.4, 0.5) is 10.1 Å². The van der Waals surface area contributed by atoms with Crippen molar-refractivity contribution in [2.75, 3.05) is 18.4 Å². The summed E-state index contributed by atoms with van der Waals surface area (Å²) in [4.78, 5) is 19.5. The number of likely N-dealkylation sites (tertiary alicyclic amines) is 1. The summed E-state index contributed by atoms with van der Waals surface area (Å²) >= 11 is 0. The zero-order valence-corrected chi connectivity index (χ0v) is 15.2. The second-order valence-electron chi connectivity index (χ2n) is 7.44. The van der Waals surface area contributed by atoms with E-state index in [9.17, 15) is 14.3 Å². The lowest BCUT2D eigenvalue weighted by atomic mass is 10.0. The van der Waals surface area contributed by atoms with E-state index in [2.05, 4.69) is 10.2 Å². The molecule has 0 radical (unpaired) electrons. The Morgan fingerprint density at radius 2 is 2.04 bits per heavy atom. The molecule has 5 rings (SSSR count). The first kappa shape index (κ1) is 17.3. The van der Waals surface area contributed by atoms with Crippen molar-refractivity contribution in [3.8, 4) is 0 Å². The number of ether oxygens (including phenoxy) is 1. The summed E-state index contributed by atoms with van der Waals surface area (Å²) in [5.74, 6) is -0.233. The topological polar surface area (TPSA) is 74.7 Å². The number of rotatable bonds is 2. The summed E-state index contributed by atoms with van der Waals surface area (Å²) in [6, 6.07) is 8.10. The van der Waals surface area contributed by atoms with Crippen LogP contribution >= 0.6 is 0 Å². The Morgan fingerprint density at radius 1 is 1.21 bits per heavy atom. The third-order valence-electron chi connectivity index (χ3n) is 5.53. The number of hydrogen-bond donors (Lipinski definition) is 2. The van der Waals surface area contributed by atoms with E-state index in [1.165, 1.54) is 12.1 Å². The summed E-state index contributed by atoms with van der Waals surface area (Å²) in [7, 11) is 0. The fourth-order valence-corrected chi connectivity index (χ4v) is 4.05. The summed E-state index contributed by atoms with van der Waals surface area (Å²) in [6.07, 6.45) is 1.38. The molecule has 2 N–H and O–H groups in total. The van der Waals surface area contributed by atoms with Crippen LogP contribution in [-0.2, 0) is 22.7 Å². The molecule has 1 aromatic heterocycles. The van der Waals surface area contributed by atoms with E-state index in [1.54, 1.807) is 6.07 Å². The van der Waals surface area contributed by atoms with Crippen LogP contribution in [0.15, 0.2) is 30.3 Å². The van der Waals surface area contributed by atoms with Gasteiger partial charge < -0.3 is 15.2 Å². The van der Waals surface area contributed by atoms with Gasteiger partial charge in [0.15, 0.2) is 0 Å². The smallest absolute Gasteiger partial charge is 0.260 e. The van der Waals surface area contributed by atoms with Crippen LogP contribution in [0.1, 0.15) is 35.4 Å². The van der Waals surface area contributed by atoms with E-state index in [0.717, 1.165) is 49.4 Å². The number of benzene rings is 1. The van der Waals surface area contributed by atoms with Crippen LogP contribution in [0.3, 0.4) is 0 Å². The SMILES string of the molecule is O=C1Nc2ccc(F)cc2/C1=C1\OCc2nc(CN3CCC(O)CC3)ccc21. The Hall–Kier alpha value is -2.77. The Balaban J connectivity index is 1.45. The van der Waals surface area contributed by atoms with Gasteiger partial charge in [0.25, 0.3) is 5.91 Å². The predicted octanol–water partition coefficient (Wildman–Crippen LogP) is 2.53. The monoisotopic (exact) mass is 381 g/mol. The molecule has 1 saturated heterocycles. The van der Waals surface area contributed by atoms with E-state index >= 15 is 0 Å². The van der Waals surface area contributed by atoms with Gasteiger partial charge >= 0.3 is 0 Å². The van der Waals surface area contributed by atoms with Gasteiger partial charge in [-0.05, 0) is 43.2 Å². The second-order valence-corrected chi connectivity index (χ2v) is 7.44. The first-order chi connectivity index (χ1) is 13.6. The van der Waals surface area contributed by atoms with Crippen LogP contribution < -0.4 is 5.32 Å². The molecule has 4 heterocycles. The maximum Gasteiger partial charge on any atom is 0.260 e. The lowest BCUT2D eigenvalue weighted by Gasteiger charge is -2.29. The molecule has 2 aromatic rings. The summed E-state index contributed by atoms with van der Waals surface area (Å²) < 4.78 is 19.5. The van der Waals surface area contributed by atoms with Crippen molar-refractivity contribution in [2.24, 2.45) is 0 Å². The maximum absolute atomic E-state index is 13.7. The molecule has 0 saturated carbocycles. The van der Waals surface area contributed by atoms with Gasteiger partial charge in [-0.25, -0.2) is 4.39 Å². The molecule has 0 atom stereocenters. The van der Waals surface area contributed by atoms with Crippen molar-refractivity contribution in [3.63, 3.8) is 0 Å². The molecule has 3 aliphatic heterocycles. The molecule has 0 spiro atoms. The number of fused-ring (bicyclic) bond motifs is 2. The first-order valence-corrected chi connectivity index (χ1v) is 9.46. The summed E-state index contributed by atoms with van der Waals surface area (Å²) in [5.41, 5.74) is 3.96. The molecule has 0 unspecified atom stereocenters. The van der Waals surface area contributed by atoms with Crippen molar-refractivity contribution in [1.29, 1.82) is 0 Å².